The molecule has 1 saturated carbocycles. The molecule has 22 heavy (non-hydrogen) atoms. The van der Waals surface area contributed by atoms with Gasteiger partial charge >= 0.3 is 5.92 Å². The maximum atomic E-state index is 13.9. The number of anilines is 1. The molecule has 0 saturated heterocycles. The van der Waals surface area contributed by atoms with Gasteiger partial charge < -0.3 is 15.7 Å². The monoisotopic (exact) mass is 312 g/mol. The molecule has 1 fully saturated rings. The molecule has 6 heteroatoms. The van der Waals surface area contributed by atoms with Crippen LogP contribution >= 0.6 is 0 Å². The molecule has 0 radical (unpaired) electrons. The minimum Gasteiger partial charge on any atom is -0.383 e. The summed E-state index contributed by atoms with van der Waals surface area (Å²) in [6, 6.07) is 7.47. The number of carbonyl (C=O) groups excluding carboxylic acids is 1. The number of halogens is 2. The number of aliphatic hydroxyl groups is 1. The summed E-state index contributed by atoms with van der Waals surface area (Å²) >= 11 is 0. The maximum absolute atomic E-state index is 13.9. The highest BCUT2D eigenvalue weighted by Gasteiger charge is 2.61. The first-order valence-electron chi connectivity index (χ1n) is 7.48. The van der Waals surface area contributed by atoms with E-state index in [9.17, 15) is 18.7 Å². The Labute approximate surface area is 128 Å². The molecule has 3 N–H and O–H groups in total. The van der Waals surface area contributed by atoms with Gasteiger partial charge in [-0.2, -0.15) is 8.78 Å². The summed E-state index contributed by atoms with van der Waals surface area (Å²) in [6.45, 7) is 3.99. The standard InChI is InChI=1S/C16H22F2N2O2/c1-11(2)20-13-6-3-5-12(9-13)10-19-14(21)16(17,18)15(22)7-4-8-15/h3,5-6,9,11,20,22H,4,7-8,10H2,1-2H3,(H,19,21). The Bertz CT molecular complexity index is 543. The predicted octanol–water partition coefficient (Wildman–Crippen LogP) is 2.67. The zero-order valence-corrected chi connectivity index (χ0v) is 12.8. The van der Waals surface area contributed by atoms with Crippen molar-refractivity contribution in [2.75, 3.05) is 5.32 Å². The Kier molecular flexibility index (Phi) is 4.70. The Hall–Kier alpha value is -1.69. The highest BCUT2D eigenvalue weighted by Crippen LogP contribution is 2.44. The van der Waals surface area contributed by atoms with Gasteiger partial charge in [0.15, 0.2) is 0 Å². The summed E-state index contributed by atoms with van der Waals surface area (Å²) in [6.07, 6.45) is 0.435. The quantitative estimate of drug-likeness (QED) is 0.757. The van der Waals surface area contributed by atoms with Crippen LogP contribution in [0.4, 0.5) is 14.5 Å². The van der Waals surface area contributed by atoms with Crippen molar-refractivity contribution >= 4 is 11.6 Å². The molecular formula is C16H22F2N2O2. The molecule has 1 aromatic carbocycles. The van der Waals surface area contributed by atoms with Gasteiger partial charge in [0.2, 0.25) is 0 Å². The predicted molar refractivity (Wildman–Crippen MR) is 80.8 cm³/mol. The van der Waals surface area contributed by atoms with Crippen LogP contribution in [0.3, 0.4) is 0 Å². The number of carbonyl (C=O) groups is 1. The number of nitrogens with one attached hydrogen (secondary N) is 2. The first-order valence-corrected chi connectivity index (χ1v) is 7.48. The van der Waals surface area contributed by atoms with E-state index in [0.29, 0.717) is 6.42 Å². The third-order valence-corrected chi connectivity index (χ3v) is 3.89. The summed E-state index contributed by atoms with van der Waals surface area (Å²) in [5.41, 5.74) is -0.598. The molecule has 0 heterocycles. The van der Waals surface area contributed by atoms with Crippen molar-refractivity contribution in [2.45, 2.75) is 57.2 Å². The smallest absolute Gasteiger partial charge is 0.352 e. The SMILES string of the molecule is CC(C)Nc1cccc(CNC(=O)C(F)(F)C2(O)CCC2)c1. The summed E-state index contributed by atoms with van der Waals surface area (Å²) in [4.78, 5) is 11.7. The molecule has 4 nitrogen and oxygen atoms in total. The Morgan fingerprint density at radius 3 is 2.64 bits per heavy atom. The van der Waals surface area contributed by atoms with E-state index in [4.69, 9.17) is 0 Å². The van der Waals surface area contributed by atoms with Crippen molar-refractivity contribution < 1.29 is 18.7 Å². The lowest BCUT2D eigenvalue weighted by Crippen LogP contribution is -2.60. The first kappa shape index (κ1) is 16.7. The number of hydrogen-bond acceptors (Lipinski definition) is 3. The Morgan fingerprint density at radius 1 is 1.41 bits per heavy atom. The van der Waals surface area contributed by atoms with Crippen LogP contribution in [-0.2, 0) is 11.3 Å². The van der Waals surface area contributed by atoms with Crippen molar-refractivity contribution in [1.29, 1.82) is 0 Å². The third-order valence-electron chi connectivity index (χ3n) is 3.89. The van der Waals surface area contributed by atoms with Gasteiger partial charge in [0, 0.05) is 18.3 Å². The van der Waals surface area contributed by atoms with Gasteiger partial charge in [-0.1, -0.05) is 12.1 Å². The molecule has 0 atom stereocenters. The van der Waals surface area contributed by atoms with Gasteiger partial charge in [-0.25, -0.2) is 0 Å². The van der Waals surface area contributed by atoms with Gasteiger partial charge in [-0.15, -0.1) is 0 Å². The molecule has 1 aliphatic carbocycles. The van der Waals surface area contributed by atoms with Crippen LogP contribution in [0.2, 0.25) is 0 Å². The van der Waals surface area contributed by atoms with Crippen molar-refractivity contribution in [1.82, 2.24) is 5.32 Å². The fourth-order valence-corrected chi connectivity index (χ4v) is 2.43. The zero-order valence-electron chi connectivity index (χ0n) is 12.8. The molecule has 1 aromatic rings. The van der Waals surface area contributed by atoms with Gasteiger partial charge in [-0.05, 0) is 50.8 Å². The van der Waals surface area contributed by atoms with E-state index in [1.807, 2.05) is 19.9 Å². The molecule has 0 aliphatic heterocycles. The van der Waals surface area contributed by atoms with Crippen LogP contribution in [0.25, 0.3) is 0 Å². The highest BCUT2D eigenvalue weighted by atomic mass is 19.3. The van der Waals surface area contributed by atoms with Gasteiger partial charge in [0.05, 0.1) is 0 Å². The topological polar surface area (TPSA) is 61.4 Å². The van der Waals surface area contributed by atoms with E-state index < -0.39 is 17.4 Å². The lowest BCUT2D eigenvalue weighted by molar-refractivity contribution is -0.216. The maximum Gasteiger partial charge on any atom is 0.352 e. The first-order chi connectivity index (χ1) is 10.2. The van der Waals surface area contributed by atoms with Gasteiger partial charge in [0.1, 0.15) is 5.60 Å². The number of alkyl halides is 2. The van der Waals surface area contributed by atoms with Crippen LogP contribution in [-0.4, -0.2) is 28.6 Å². The van der Waals surface area contributed by atoms with Crippen LogP contribution in [0.15, 0.2) is 24.3 Å². The van der Waals surface area contributed by atoms with E-state index in [2.05, 4.69) is 10.6 Å². The third kappa shape index (κ3) is 3.38. The van der Waals surface area contributed by atoms with Crippen molar-refractivity contribution in [2.24, 2.45) is 0 Å². The van der Waals surface area contributed by atoms with Crippen LogP contribution in [0.1, 0.15) is 38.7 Å². The van der Waals surface area contributed by atoms with E-state index in [-0.39, 0.29) is 25.4 Å². The second-order valence-electron chi connectivity index (χ2n) is 6.14. The van der Waals surface area contributed by atoms with Gasteiger partial charge in [0.25, 0.3) is 5.91 Å². The molecule has 122 valence electrons. The molecular weight excluding hydrogens is 290 g/mol. The molecule has 0 bridgehead atoms. The Morgan fingerprint density at radius 2 is 2.09 bits per heavy atom. The number of amides is 1. The average molecular weight is 312 g/mol. The normalized spacial score (nSPS) is 17.0. The number of benzene rings is 1. The molecule has 0 unspecified atom stereocenters. The highest BCUT2D eigenvalue weighted by molar-refractivity contribution is 5.85. The fourth-order valence-electron chi connectivity index (χ4n) is 2.43. The minimum absolute atomic E-state index is 0.00187. The van der Waals surface area contributed by atoms with Crippen LogP contribution < -0.4 is 10.6 Å². The zero-order chi connectivity index (χ0) is 16.4. The van der Waals surface area contributed by atoms with Crippen molar-refractivity contribution in [3.05, 3.63) is 29.8 Å². The minimum atomic E-state index is -3.75. The molecule has 2 rings (SSSR count). The second-order valence-corrected chi connectivity index (χ2v) is 6.14. The summed E-state index contributed by atoms with van der Waals surface area (Å²) in [5.74, 6) is -5.17. The number of hydrogen-bond donors (Lipinski definition) is 3. The van der Waals surface area contributed by atoms with E-state index in [1.165, 1.54) is 0 Å². The molecule has 0 aromatic heterocycles. The lowest BCUT2D eigenvalue weighted by atomic mass is 9.75. The summed E-state index contributed by atoms with van der Waals surface area (Å²) < 4.78 is 27.9. The van der Waals surface area contributed by atoms with E-state index >= 15 is 0 Å². The van der Waals surface area contributed by atoms with Crippen molar-refractivity contribution in [3.63, 3.8) is 0 Å². The van der Waals surface area contributed by atoms with Crippen LogP contribution in [0.5, 0.6) is 0 Å². The molecule has 0 spiro atoms. The fraction of sp³-hybridized carbons (Fsp3) is 0.562. The van der Waals surface area contributed by atoms with E-state index in [1.54, 1.807) is 18.2 Å². The Balaban J connectivity index is 1.96. The summed E-state index contributed by atoms with van der Waals surface area (Å²) in [5, 5.41) is 15.1. The molecule has 1 aliphatic rings. The number of rotatable bonds is 6. The lowest BCUT2D eigenvalue weighted by Gasteiger charge is -2.41. The molecule has 1 amide bonds. The average Bonchev–Trinajstić information content (AvgIpc) is 2.41. The second kappa shape index (κ2) is 6.20. The largest absolute Gasteiger partial charge is 0.383 e. The summed E-state index contributed by atoms with van der Waals surface area (Å²) in [7, 11) is 0. The van der Waals surface area contributed by atoms with E-state index in [0.717, 1.165) is 11.3 Å². The van der Waals surface area contributed by atoms with Crippen molar-refractivity contribution in [3.8, 4) is 0 Å². The van der Waals surface area contributed by atoms with Gasteiger partial charge in [-0.3, -0.25) is 4.79 Å². The van der Waals surface area contributed by atoms with Crippen LogP contribution in [0, 0.1) is 0 Å².